The predicted octanol–water partition coefficient (Wildman–Crippen LogP) is 3.50. The first-order valence-electron chi connectivity index (χ1n) is 10.5. The van der Waals surface area contributed by atoms with Crippen molar-refractivity contribution in [1.82, 2.24) is 25.6 Å². The molecule has 0 aliphatic heterocycles. The number of para-hydroxylation sites is 1. The molecule has 0 atom stereocenters. The first kappa shape index (κ1) is 20.7. The summed E-state index contributed by atoms with van der Waals surface area (Å²) in [5.74, 6) is 0.661. The number of benzene rings is 1. The zero-order valence-corrected chi connectivity index (χ0v) is 17.1. The topological polar surface area (TPSA) is 117 Å². The fraction of sp³-hybridized carbons (Fsp3) is 0.348. The van der Waals surface area contributed by atoms with Crippen molar-refractivity contribution in [3.63, 3.8) is 0 Å². The number of hydrogen-bond donors (Lipinski definition) is 3. The van der Waals surface area contributed by atoms with Crippen LogP contribution in [0.1, 0.15) is 36.0 Å². The van der Waals surface area contributed by atoms with Gasteiger partial charge in [0.05, 0.1) is 16.8 Å². The molecule has 0 bridgehead atoms. The Labute approximate surface area is 180 Å². The molecule has 160 valence electrons. The third kappa shape index (κ3) is 5.14. The van der Waals surface area contributed by atoms with Gasteiger partial charge in [0.1, 0.15) is 6.33 Å². The molecule has 1 aliphatic carbocycles. The van der Waals surface area contributed by atoms with E-state index < -0.39 is 6.09 Å². The molecule has 31 heavy (non-hydrogen) atoms. The summed E-state index contributed by atoms with van der Waals surface area (Å²) in [6.45, 7) is 1.11. The van der Waals surface area contributed by atoms with Gasteiger partial charge in [-0.1, -0.05) is 18.2 Å². The molecule has 0 unspecified atom stereocenters. The van der Waals surface area contributed by atoms with Gasteiger partial charge in [0.2, 0.25) is 0 Å². The third-order valence-corrected chi connectivity index (χ3v) is 5.88. The largest absolute Gasteiger partial charge is 0.465 e. The molecule has 0 spiro atoms. The van der Waals surface area contributed by atoms with E-state index >= 15 is 0 Å². The van der Waals surface area contributed by atoms with Gasteiger partial charge in [0, 0.05) is 36.4 Å². The molecule has 4 rings (SSSR count). The minimum Gasteiger partial charge on any atom is -0.465 e. The summed E-state index contributed by atoms with van der Waals surface area (Å²) in [5.41, 5.74) is 2.76. The number of rotatable bonds is 6. The van der Waals surface area contributed by atoms with Crippen molar-refractivity contribution in [3.8, 4) is 11.3 Å². The molecule has 0 radical (unpaired) electrons. The SMILES string of the molecule is O=C(O)NC[C@H]1CC[C@H](CNC(=O)c2cc(-c3cncnc3)nc3ccccc23)CC1. The van der Waals surface area contributed by atoms with Crippen molar-refractivity contribution in [1.29, 1.82) is 0 Å². The number of nitrogens with one attached hydrogen (secondary N) is 2. The zero-order chi connectivity index (χ0) is 21.6. The summed E-state index contributed by atoms with van der Waals surface area (Å²) < 4.78 is 0. The maximum Gasteiger partial charge on any atom is 0.404 e. The molecule has 0 saturated heterocycles. The highest BCUT2D eigenvalue weighted by atomic mass is 16.4. The van der Waals surface area contributed by atoms with Crippen molar-refractivity contribution in [3.05, 3.63) is 54.6 Å². The first-order valence-corrected chi connectivity index (χ1v) is 10.5. The van der Waals surface area contributed by atoms with E-state index in [0.29, 0.717) is 36.2 Å². The van der Waals surface area contributed by atoms with Gasteiger partial charge in [0.15, 0.2) is 0 Å². The minimum atomic E-state index is -0.972. The van der Waals surface area contributed by atoms with E-state index in [1.807, 2.05) is 24.3 Å². The lowest BCUT2D eigenvalue weighted by Crippen LogP contribution is -2.34. The van der Waals surface area contributed by atoms with Crippen LogP contribution in [0.5, 0.6) is 0 Å². The number of carbonyl (C=O) groups is 2. The summed E-state index contributed by atoms with van der Waals surface area (Å²) in [4.78, 5) is 36.5. The second-order valence-electron chi connectivity index (χ2n) is 7.98. The molecule has 1 aromatic carbocycles. The summed E-state index contributed by atoms with van der Waals surface area (Å²) >= 11 is 0. The Hall–Kier alpha value is -3.55. The van der Waals surface area contributed by atoms with E-state index in [1.54, 1.807) is 18.5 Å². The van der Waals surface area contributed by atoms with Crippen molar-refractivity contribution in [2.24, 2.45) is 11.8 Å². The van der Waals surface area contributed by atoms with Crippen LogP contribution in [0.2, 0.25) is 0 Å². The van der Waals surface area contributed by atoms with Crippen LogP contribution < -0.4 is 10.6 Å². The molecule has 3 aromatic rings. The van der Waals surface area contributed by atoms with Crippen LogP contribution in [-0.2, 0) is 0 Å². The van der Waals surface area contributed by atoms with Gasteiger partial charge in [0.25, 0.3) is 5.91 Å². The average molecular weight is 419 g/mol. The number of carboxylic acid groups (broad SMARTS) is 1. The highest BCUT2D eigenvalue weighted by molar-refractivity contribution is 6.07. The van der Waals surface area contributed by atoms with Gasteiger partial charge in [-0.25, -0.2) is 19.7 Å². The molecule has 8 nitrogen and oxygen atoms in total. The molecule has 1 aliphatic rings. The Bertz CT molecular complexity index is 1070. The van der Waals surface area contributed by atoms with Crippen LogP contribution in [0.15, 0.2) is 49.1 Å². The number of fused-ring (bicyclic) bond motifs is 1. The molecular weight excluding hydrogens is 394 g/mol. The van der Waals surface area contributed by atoms with Crippen LogP contribution >= 0.6 is 0 Å². The van der Waals surface area contributed by atoms with Gasteiger partial charge in [-0.2, -0.15) is 0 Å². The number of amides is 2. The van der Waals surface area contributed by atoms with Crippen LogP contribution in [0, 0.1) is 11.8 Å². The Morgan fingerprint density at radius 3 is 2.29 bits per heavy atom. The Kier molecular flexibility index (Phi) is 6.35. The van der Waals surface area contributed by atoms with Crippen molar-refractivity contribution < 1.29 is 14.7 Å². The highest BCUT2D eigenvalue weighted by Gasteiger charge is 2.22. The quantitative estimate of drug-likeness (QED) is 0.563. The number of hydrogen-bond acceptors (Lipinski definition) is 5. The van der Waals surface area contributed by atoms with E-state index in [4.69, 9.17) is 5.11 Å². The maximum absolute atomic E-state index is 13.1. The smallest absolute Gasteiger partial charge is 0.404 e. The molecule has 2 aromatic heterocycles. The van der Waals surface area contributed by atoms with Crippen LogP contribution in [0.3, 0.4) is 0 Å². The lowest BCUT2D eigenvalue weighted by Gasteiger charge is -2.28. The lowest BCUT2D eigenvalue weighted by atomic mass is 9.82. The molecule has 1 saturated carbocycles. The van der Waals surface area contributed by atoms with Crippen molar-refractivity contribution >= 4 is 22.9 Å². The van der Waals surface area contributed by atoms with Gasteiger partial charge in [-0.05, 0) is 49.7 Å². The predicted molar refractivity (Wildman–Crippen MR) is 117 cm³/mol. The van der Waals surface area contributed by atoms with Gasteiger partial charge in [-0.15, -0.1) is 0 Å². The maximum atomic E-state index is 13.1. The molecule has 8 heteroatoms. The van der Waals surface area contributed by atoms with Crippen molar-refractivity contribution in [2.45, 2.75) is 25.7 Å². The van der Waals surface area contributed by atoms with E-state index in [-0.39, 0.29) is 5.91 Å². The molecular formula is C23H25N5O3. The van der Waals surface area contributed by atoms with Gasteiger partial charge in [-0.3, -0.25) is 4.79 Å². The second kappa shape index (κ2) is 9.51. The first-order chi connectivity index (χ1) is 15.1. The second-order valence-corrected chi connectivity index (χ2v) is 7.98. The Morgan fingerprint density at radius 2 is 1.61 bits per heavy atom. The number of pyridine rings is 1. The van der Waals surface area contributed by atoms with E-state index in [0.717, 1.165) is 42.1 Å². The summed E-state index contributed by atoms with van der Waals surface area (Å²) in [6, 6.07) is 9.40. The number of carbonyl (C=O) groups excluding carboxylic acids is 1. The van der Waals surface area contributed by atoms with Gasteiger partial charge < -0.3 is 15.7 Å². The Balaban J connectivity index is 1.44. The highest BCUT2D eigenvalue weighted by Crippen LogP contribution is 2.28. The van der Waals surface area contributed by atoms with Crippen molar-refractivity contribution in [2.75, 3.05) is 13.1 Å². The van der Waals surface area contributed by atoms with E-state index in [9.17, 15) is 9.59 Å². The molecule has 1 fully saturated rings. The van der Waals surface area contributed by atoms with Crippen LogP contribution in [-0.4, -0.2) is 45.1 Å². The standard InChI is InChI=1S/C23H25N5O3/c29-22(26-10-15-5-7-16(8-6-15)11-27-23(30)31)19-9-21(17-12-24-14-25-13-17)28-20-4-2-1-3-18(19)20/h1-4,9,12-16,27H,5-8,10-11H2,(H,26,29)(H,30,31)/t15-,16-. The average Bonchev–Trinajstić information content (AvgIpc) is 2.81. The monoisotopic (exact) mass is 419 g/mol. The molecule has 3 N–H and O–H groups in total. The lowest BCUT2D eigenvalue weighted by molar-refractivity contribution is 0.0942. The molecule has 2 amide bonds. The molecule has 2 heterocycles. The van der Waals surface area contributed by atoms with E-state index in [1.165, 1.54) is 6.33 Å². The summed E-state index contributed by atoms with van der Waals surface area (Å²) in [7, 11) is 0. The summed E-state index contributed by atoms with van der Waals surface area (Å²) in [6.07, 6.45) is 7.76. The van der Waals surface area contributed by atoms with Gasteiger partial charge >= 0.3 is 6.09 Å². The zero-order valence-electron chi connectivity index (χ0n) is 17.1. The number of nitrogens with zero attached hydrogens (tertiary/aromatic N) is 3. The summed E-state index contributed by atoms with van der Waals surface area (Å²) in [5, 5.41) is 15.1. The van der Waals surface area contributed by atoms with E-state index in [2.05, 4.69) is 25.6 Å². The Morgan fingerprint density at radius 1 is 0.968 bits per heavy atom. The van der Waals surface area contributed by atoms with Crippen LogP contribution in [0.25, 0.3) is 22.2 Å². The number of aromatic nitrogens is 3. The fourth-order valence-electron chi connectivity index (χ4n) is 4.15. The van der Waals surface area contributed by atoms with Crippen LogP contribution in [0.4, 0.5) is 4.79 Å². The normalized spacial score (nSPS) is 18.5. The fourth-order valence-corrected chi connectivity index (χ4v) is 4.15. The minimum absolute atomic E-state index is 0.119. The third-order valence-electron chi connectivity index (χ3n) is 5.88.